The van der Waals surface area contributed by atoms with E-state index >= 15 is 0 Å². The lowest BCUT2D eigenvalue weighted by Crippen LogP contribution is -2.22. The number of carbonyl (C=O) groups is 1. The summed E-state index contributed by atoms with van der Waals surface area (Å²) in [5.74, 6) is 0.669. The third-order valence-corrected chi connectivity index (χ3v) is 3.90. The van der Waals surface area contributed by atoms with Gasteiger partial charge >= 0.3 is 0 Å². The molecule has 0 spiro atoms. The van der Waals surface area contributed by atoms with Crippen molar-refractivity contribution in [2.24, 2.45) is 0 Å². The van der Waals surface area contributed by atoms with E-state index in [9.17, 15) is 4.79 Å². The van der Waals surface area contributed by atoms with Gasteiger partial charge in [-0.1, -0.05) is 35.9 Å². The maximum Gasteiger partial charge on any atom is 0.251 e. The predicted molar refractivity (Wildman–Crippen MR) is 96.3 cm³/mol. The summed E-state index contributed by atoms with van der Waals surface area (Å²) in [4.78, 5) is 12.1. The Balaban J connectivity index is 1.50. The van der Waals surface area contributed by atoms with Crippen molar-refractivity contribution in [2.45, 2.75) is 19.8 Å². The molecule has 0 aliphatic heterocycles. The lowest BCUT2D eigenvalue weighted by Gasteiger charge is -2.08. The third kappa shape index (κ3) is 5.21. The molecule has 1 aromatic heterocycles. The van der Waals surface area contributed by atoms with Crippen LogP contribution in [-0.4, -0.2) is 5.91 Å². The van der Waals surface area contributed by atoms with Crippen LogP contribution >= 0.6 is 11.6 Å². The van der Waals surface area contributed by atoms with Gasteiger partial charge in [-0.05, 0) is 47.5 Å². The molecule has 4 nitrogen and oxygen atoms in total. The number of nitrogens with one attached hydrogen (secondary N) is 1. The van der Waals surface area contributed by atoms with Crippen molar-refractivity contribution >= 4 is 17.5 Å². The summed E-state index contributed by atoms with van der Waals surface area (Å²) in [6.45, 7) is 1.37. The van der Waals surface area contributed by atoms with E-state index in [0.717, 1.165) is 16.9 Å². The summed E-state index contributed by atoms with van der Waals surface area (Å²) in [5, 5.41) is 3.51. The number of amides is 1. The fourth-order valence-corrected chi connectivity index (χ4v) is 2.51. The molecular weight excluding hydrogens is 338 g/mol. The summed E-state index contributed by atoms with van der Waals surface area (Å²) in [6.07, 6.45) is 1.63. The summed E-state index contributed by atoms with van der Waals surface area (Å²) >= 11 is 5.83. The van der Waals surface area contributed by atoms with Crippen molar-refractivity contribution < 1.29 is 13.9 Å². The van der Waals surface area contributed by atoms with E-state index in [0.29, 0.717) is 30.3 Å². The van der Waals surface area contributed by atoms with E-state index < -0.39 is 0 Å². The number of benzene rings is 2. The minimum absolute atomic E-state index is 0.129. The van der Waals surface area contributed by atoms with Gasteiger partial charge in [-0.15, -0.1) is 0 Å². The summed E-state index contributed by atoms with van der Waals surface area (Å²) < 4.78 is 10.9. The van der Waals surface area contributed by atoms with Gasteiger partial charge in [0.1, 0.15) is 12.4 Å². The Kier molecular flexibility index (Phi) is 5.88. The Morgan fingerprint density at radius 3 is 2.56 bits per heavy atom. The highest BCUT2D eigenvalue weighted by Gasteiger charge is 2.05. The minimum atomic E-state index is -0.129. The number of halogens is 1. The molecule has 5 heteroatoms. The average Bonchev–Trinajstić information content (AvgIpc) is 3.14. The highest BCUT2D eigenvalue weighted by Crippen LogP contribution is 2.11. The highest BCUT2D eigenvalue weighted by atomic mass is 35.5. The maximum absolute atomic E-state index is 12.1. The Hall–Kier alpha value is -2.56. The number of hydrogen-bond donors (Lipinski definition) is 1. The molecular formula is C20H18ClNO3. The van der Waals surface area contributed by atoms with Crippen molar-refractivity contribution in [2.75, 3.05) is 0 Å². The van der Waals surface area contributed by atoms with Crippen LogP contribution in [0.5, 0.6) is 0 Å². The average molecular weight is 356 g/mol. The zero-order valence-corrected chi connectivity index (χ0v) is 14.3. The van der Waals surface area contributed by atoms with Gasteiger partial charge in [0.2, 0.25) is 0 Å². The van der Waals surface area contributed by atoms with Crippen LogP contribution in [-0.2, 0) is 24.5 Å². The van der Waals surface area contributed by atoms with Gasteiger partial charge in [-0.2, -0.15) is 0 Å². The normalized spacial score (nSPS) is 10.6. The molecule has 1 heterocycles. The quantitative estimate of drug-likeness (QED) is 0.675. The number of carbonyl (C=O) groups excluding carboxylic acids is 1. The van der Waals surface area contributed by atoms with Gasteiger partial charge in [0, 0.05) is 17.1 Å². The molecule has 0 atom stereocenters. The molecule has 0 fully saturated rings. The van der Waals surface area contributed by atoms with Gasteiger partial charge in [0.05, 0.1) is 12.9 Å². The molecule has 0 unspecified atom stereocenters. The lowest BCUT2D eigenvalue weighted by atomic mass is 10.1. The van der Waals surface area contributed by atoms with Gasteiger partial charge in [0.15, 0.2) is 0 Å². The fourth-order valence-electron chi connectivity index (χ4n) is 2.38. The van der Waals surface area contributed by atoms with Crippen molar-refractivity contribution in [1.82, 2.24) is 5.32 Å². The number of rotatable bonds is 7. The zero-order chi connectivity index (χ0) is 17.5. The second-order valence-electron chi connectivity index (χ2n) is 5.58. The summed E-state index contributed by atoms with van der Waals surface area (Å²) in [7, 11) is 0. The Bertz CT molecular complexity index is 813. The first kappa shape index (κ1) is 17.3. The molecule has 0 bridgehead atoms. The van der Waals surface area contributed by atoms with E-state index in [2.05, 4.69) is 5.32 Å². The first-order chi connectivity index (χ1) is 12.2. The maximum atomic E-state index is 12.1. The van der Waals surface area contributed by atoms with Crippen LogP contribution in [0.3, 0.4) is 0 Å². The van der Waals surface area contributed by atoms with Gasteiger partial charge in [-0.25, -0.2) is 0 Å². The van der Waals surface area contributed by atoms with E-state index in [1.54, 1.807) is 30.5 Å². The van der Waals surface area contributed by atoms with E-state index in [1.165, 1.54) is 0 Å². The van der Waals surface area contributed by atoms with Crippen molar-refractivity contribution in [3.63, 3.8) is 0 Å². The molecule has 25 heavy (non-hydrogen) atoms. The summed E-state index contributed by atoms with van der Waals surface area (Å²) in [6, 6.07) is 18.5. The van der Waals surface area contributed by atoms with Crippen LogP contribution in [0, 0.1) is 0 Å². The first-order valence-corrected chi connectivity index (χ1v) is 8.30. The van der Waals surface area contributed by atoms with Gasteiger partial charge < -0.3 is 14.5 Å². The molecule has 3 aromatic rings. The Labute approximate surface area is 151 Å². The largest absolute Gasteiger partial charge is 0.467 e. The second-order valence-corrected chi connectivity index (χ2v) is 6.02. The number of furan rings is 1. The predicted octanol–water partition coefficient (Wildman–Crippen LogP) is 4.58. The van der Waals surface area contributed by atoms with E-state index in [1.807, 2.05) is 36.4 Å². The fraction of sp³-hybridized carbons (Fsp3) is 0.150. The standard InChI is InChI=1S/C20H18ClNO3/c21-18-8-6-17(7-9-18)20(23)22-12-15-3-1-4-16(11-15)13-24-14-19-5-2-10-25-19/h1-11H,12-14H2,(H,22,23). The molecule has 0 radical (unpaired) electrons. The van der Waals surface area contributed by atoms with Crippen LogP contribution in [0.15, 0.2) is 71.3 Å². The number of hydrogen-bond acceptors (Lipinski definition) is 3. The van der Waals surface area contributed by atoms with Crippen LogP contribution in [0.2, 0.25) is 5.02 Å². The Morgan fingerprint density at radius 1 is 1.00 bits per heavy atom. The van der Waals surface area contributed by atoms with Gasteiger partial charge in [-0.3, -0.25) is 4.79 Å². The SMILES string of the molecule is O=C(NCc1cccc(COCc2ccco2)c1)c1ccc(Cl)cc1. The Morgan fingerprint density at radius 2 is 1.80 bits per heavy atom. The van der Waals surface area contributed by atoms with Crippen molar-refractivity contribution in [1.29, 1.82) is 0 Å². The van der Waals surface area contributed by atoms with E-state index in [4.69, 9.17) is 20.8 Å². The van der Waals surface area contributed by atoms with Crippen molar-refractivity contribution in [3.8, 4) is 0 Å². The highest BCUT2D eigenvalue weighted by molar-refractivity contribution is 6.30. The van der Waals surface area contributed by atoms with Gasteiger partial charge in [0.25, 0.3) is 5.91 Å². The topological polar surface area (TPSA) is 51.5 Å². The molecule has 0 saturated carbocycles. The molecule has 128 valence electrons. The van der Waals surface area contributed by atoms with Crippen LogP contribution in [0.4, 0.5) is 0 Å². The monoisotopic (exact) mass is 355 g/mol. The second kappa shape index (κ2) is 8.51. The molecule has 1 amide bonds. The third-order valence-electron chi connectivity index (χ3n) is 3.64. The minimum Gasteiger partial charge on any atom is -0.467 e. The molecule has 0 saturated heterocycles. The zero-order valence-electron chi connectivity index (χ0n) is 13.6. The molecule has 2 aromatic carbocycles. The van der Waals surface area contributed by atoms with Crippen LogP contribution in [0.25, 0.3) is 0 Å². The first-order valence-electron chi connectivity index (χ1n) is 7.92. The van der Waals surface area contributed by atoms with Crippen LogP contribution < -0.4 is 5.32 Å². The number of ether oxygens (including phenoxy) is 1. The molecule has 1 N–H and O–H groups in total. The molecule has 3 rings (SSSR count). The van der Waals surface area contributed by atoms with Crippen LogP contribution in [0.1, 0.15) is 27.2 Å². The van der Waals surface area contributed by atoms with Crippen molar-refractivity contribution in [3.05, 3.63) is 94.4 Å². The summed E-state index contributed by atoms with van der Waals surface area (Å²) in [5.41, 5.74) is 2.65. The lowest BCUT2D eigenvalue weighted by molar-refractivity contribution is 0.0928. The molecule has 0 aliphatic carbocycles. The smallest absolute Gasteiger partial charge is 0.251 e. The van der Waals surface area contributed by atoms with E-state index in [-0.39, 0.29) is 5.91 Å². The molecule has 0 aliphatic rings.